The maximum Gasteiger partial charge on any atom is 0.221 e. The largest absolute Gasteiger partial charge is 0.371 e. The molecule has 0 saturated carbocycles. The minimum absolute atomic E-state index is 0.144. The van der Waals surface area contributed by atoms with Gasteiger partial charge in [-0.15, -0.1) is 0 Å². The zero-order valence-corrected chi connectivity index (χ0v) is 14.1. The summed E-state index contributed by atoms with van der Waals surface area (Å²) in [6, 6.07) is 6.96. The number of carbonyl (C=O) groups excluding carboxylic acids is 1. The van der Waals surface area contributed by atoms with Gasteiger partial charge in [-0.1, -0.05) is 0 Å². The van der Waals surface area contributed by atoms with Crippen molar-refractivity contribution < 1.29 is 9.18 Å². The quantitative estimate of drug-likeness (QED) is 0.861. The van der Waals surface area contributed by atoms with Crippen LogP contribution in [0.5, 0.6) is 0 Å². The van der Waals surface area contributed by atoms with Gasteiger partial charge in [0.2, 0.25) is 5.91 Å². The Bertz CT molecular complexity index is 519. The van der Waals surface area contributed by atoms with Crippen LogP contribution < -0.4 is 15.5 Å². The first-order valence-electron chi connectivity index (χ1n) is 8.29. The Morgan fingerprint density at radius 3 is 2.96 bits per heavy atom. The van der Waals surface area contributed by atoms with Crippen LogP contribution in [-0.2, 0) is 4.79 Å². The molecule has 2 N–H and O–H groups in total. The summed E-state index contributed by atoms with van der Waals surface area (Å²) in [6.07, 6.45) is 1.64. The summed E-state index contributed by atoms with van der Waals surface area (Å²) in [5, 5.41) is 6.47. The fraction of sp³-hybridized carbons (Fsp3) is 0.588. The van der Waals surface area contributed by atoms with E-state index in [-0.39, 0.29) is 11.7 Å². The number of halogens is 1. The number of hydrogen-bond donors (Lipinski definition) is 2. The van der Waals surface area contributed by atoms with Crippen LogP contribution in [0.25, 0.3) is 0 Å². The summed E-state index contributed by atoms with van der Waals surface area (Å²) >= 11 is 1.91. The van der Waals surface area contributed by atoms with E-state index in [4.69, 9.17) is 0 Å². The standard InChI is InChI=1S/C17H24FN3OS/c18-14-1-3-16(4-2-14)21-7-5-13(11-21)10-20-17(22)9-15-12-23-8-6-19-15/h1-4,13,15,19H,5-12H2,(H,20,22). The number of rotatable bonds is 5. The number of carbonyl (C=O) groups is 1. The first-order chi connectivity index (χ1) is 11.2. The van der Waals surface area contributed by atoms with E-state index in [1.807, 2.05) is 23.9 Å². The van der Waals surface area contributed by atoms with Gasteiger partial charge in [0.15, 0.2) is 0 Å². The summed E-state index contributed by atoms with van der Waals surface area (Å²) in [4.78, 5) is 14.3. The summed E-state index contributed by atoms with van der Waals surface area (Å²) in [5.74, 6) is 2.57. The van der Waals surface area contributed by atoms with E-state index in [9.17, 15) is 9.18 Å². The Hall–Kier alpha value is -1.27. The van der Waals surface area contributed by atoms with Gasteiger partial charge in [0.05, 0.1) is 0 Å². The summed E-state index contributed by atoms with van der Waals surface area (Å²) in [5.41, 5.74) is 1.06. The Kier molecular flexibility index (Phi) is 5.78. The molecule has 2 aliphatic heterocycles. The highest BCUT2D eigenvalue weighted by atomic mass is 32.2. The molecule has 23 heavy (non-hydrogen) atoms. The number of amides is 1. The topological polar surface area (TPSA) is 44.4 Å². The molecule has 2 aliphatic rings. The van der Waals surface area contributed by atoms with E-state index in [0.29, 0.717) is 18.4 Å². The third kappa shape index (κ3) is 4.85. The Labute approximate surface area is 141 Å². The third-order valence-corrected chi connectivity index (χ3v) is 5.63. The minimum atomic E-state index is -0.203. The van der Waals surface area contributed by atoms with E-state index in [0.717, 1.165) is 49.8 Å². The molecule has 2 atom stereocenters. The van der Waals surface area contributed by atoms with Crippen LogP contribution in [0.3, 0.4) is 0 Å². The molecule has 2 heterocycles. The molecule has 3 rings (SSSR count). The predicted octanol–water partition coefficient (Wildman–Crippen LogP) is 1.86. The van der Waals surface area contributed by atoms with Gasteiger partial charge in [-0.2, -0.15) is 11.8 Å². The molecule has 2 saturated heterocycles. The van der Waals surface area contributed by atoms with Gasteiger partial charge in [0, 0.05) is 55.8 Å². The lowest BCUT2D eigenvalue weighted by Gasteiger charge is -2.23. The highest BCUT2D eigenvalue weighted by Crippen LogP contribution is 2.23. The molecule has 1 aromatic carbocycles. The highest BCUT2D eigenvalue weighted by Gasteiger charge is 2.24. The predicted molar refractivity (Wildman–Crippen MR) is 93.5 cm³/mol. The molecule has 1 aromatic rings. The lowest BCUT2D eigenvalue weighted by atomic mass is 10.1. The van der Waals surface area contributed by atoms with E-state index < -0.39 is 0 Å². The third-order valence-electron chi connectivity index (χ3n) is 4.50. The summed E-state index contributed by atoms with van der Waals surface area (Å²) in [7, 11) is 0. The van der Waals surface area contributed by atoms with E-state index >= 15 is 0 Å². The van der Waals surface area contributed by atoms with E-state index in [1.54, 1.807) is 0 Å². The van der Waals surface area contributed by atoms with E-state index in [2.05, 4.69) is 15.5 Å². The van der Waals surface area contributed by atoms with E-state index in [1.165, 1.54) is 12.1 Å². The van der Waals surface area contributed by atoms with Crippen LogP contribution in [0.2, 0.25) is 0 Å². The molecule has 126 valence electrons. The molecule has 2 fully saturated rings. The Morgan fingerprint density at radius 1 is 1.39 bits per heavy atom. The van der Waals surface area contributed by atoms with Crippen LogP contribution in [0.15, 0.2) is 24.3 Å². The van der Waals surface area contributed by atoms with Gasteiger partial charge in [0.25, 0.3) is 0 Å². The first kappa shape index (κ1) is 16.6. The fourth-order valence-corrected chi connectivity index (χ4v) is 4.14. The van der Waals surface area contributed by atoms with Crippen LogP contribution in [0.1, 0.15) is 12.8 Å². The van der Waals surface area contributed by atoms with Crippen molar-refractivity contribution in [2.75, 3.05) is 42.6 Å². The monoisotopic (exact) mass is 337 g/mol. The van der Waals surface area contributed by atoms with Crippen molar-refractivity contribution in [1.29, 1.82) is 0 Å². The van der Waals surface area contributed by atoms with Gasteiger partial charge in [-0.25, -0.2) is 4.39 Å². The molecule has 0 aromatic heterocycles. The van der Waals surface area contributed by atoms with Crippen molar-refractivity contribution >= 4 is 23.4 Å². The highest BCUT2D eigenvalue weighted by molar-refractivity contribution is 7.99. The second-order valence-corrected chi connectivity index (χ2v) is 7.46. The Balaban J connectivity index is 1.39. The van der Waals surface area contributed by atoms with Gasteiger partial charge in [-0.3, -0.25) is 4.79 Å². The lowest BCUT2D eigenvalue weighted by molar-refractivity contribution is -0.121. The average molecular weight is 337 g/mol. The zero-order valence-electron chi connectivity index (χ0n) is 13.3. The van der Waals surface area contributed by atoms with Gasteiger partial charge in [-0.05, 0) is 36.6 Å². The second-order valence-electron chi connectivity index (χ2n) is 6.31. The number of anilines is 1. The number of thioether (sulfide) groups is 1. The van der Waals surface area contributed by atoms with Gasteiger partial charge >= 0.3 is 0 Å². The van der Waals surface area contributed by atoms with Crippen molar-refractivity contribution in [3.05, 3.63) is 30.1 Å². The lowest BCUT2D eigenvalue weighted by Crippen LogP contribution is -2.42. The molecule has 0 radical (unpaired) electrons. The van der Waals surface area contributed by atoms with Gasteiger partial charge < -0.3 is 15.5 Å². The zero-order chi connectivity index (χ0) is 16.1. The molecule has 6 heteroatoms. The smallest absolute Gasteiger partial charge is 0.221 e. The van der Waals surface area contributed by atoms with Crippen LogP contribution in [0, 0.1) is 11.7 Å². The van der Waals surface area contributed by atoms with Crippen LogP contribution in [0.4, 0.5) is 10.1 Å². The van der Waals surface area contributed by atoms with Gasteiger partial charge in [0.1, 0.15) is 5.82 Å². The molecular formula is C17H24FN3OS. The van der Waals surface area contributed by atoms with Crippen molar-refractivity contribution in [1.82, 2.24) is 10.6 Å². The molecule has 0 bridgehead atoms. The SMILES string of the molecule is O=C(CC1CSCCN1)NCC1CCN(c2ccc(F)cc2)C1. The van der Waals surface area contributed by atoms with Crippen LogP contribution >= 0.6 is 11.8 Å². The normalized spacial score (nSPS) is 24.7. The molecule has 1 amide bonds. The summed E-state index contributed by atoms with van der Waals surface area (Å²) in [6.45, 7) is 3.62. The maximum atomic E-state index is 13.0. The number of hydrogen-bond acceptors (Lipinski definition) is 4. The number of nitrogens with one attached hydrogen (secondary N) is 2. The van der Waals surface area contributed by atoms with Crippen molar-refractivity contribution in [2.24, 2.45) is 5.92 Å². The molecule has 0 spiro atoms. The molecule has 4 nitrogen and oxygen atoms in total. The Morgan fingerprint density at radius 2 is 2.22 bits per heavy atom. The number of nitrogens with zero attached hydrogens (tertiary/aromatic N) is 1. The molecule has 0 aliphatic carbocycles. The molecule has 2 unspecified atom stereocenters. The van der Waals surface area contributed by atoms with Crippen molar-refractivity contribution in [3.8, 4) is 0 Å². The van der Waals surface area contributed by atoms with Crippen molar-refractivity contribution in [2.45, 2.75) is 18.9 Å². The summed E-state index contributed by atoms with van der Waals surface area (Å²) < 4.78 is 13.0. The van der Waals surface area contributed by atoms with Crippen LogP contribution in [-0.4, -0.2) is 49.6 Å². The number of benzene rings is 1. The first-order valence-corrected chi connectivity index (χ1v) is 9.44. The molecular weight excluding hydrogens is 313 g/mol. The minimum Gasteiger partial charge on any atom is -0.371 e. The average Bonchev–Trinajstić information content (AvgIpc) is 3.04. The second kappa shape index (κ2) is 8.02. The van der Waals surface area contributed by atoms with Crippen molar-refractivity contribution in [3.63, 3.8) is 0 Å². The maximum absolute atomic E-state index is 13.0. The fourth-order valence-electron chi connectivity index (χ4n) is 3.19.